The van der Waals surface area contributed by atoms with Crippen LogP contribution in [0.1, 0.15) is 13.8 Å². The lowest BCUT2D eigenvalue weighted by molar-refractivity contribution is -0.137. The van der Waals surface area contributed by atoms with Gasteiger partial charge in [0.1, 0.15) is 11.8 Å². The number of nitrogens with zero attached hydrogens (tertiary/aromatic N) is 2. The molecule has 0 saturated heterocycles. The van der Waals surface area contributed by atoms with E-state index in [4.69, 9.17) is 16.3 Å². The largest absolute Gasteiger partial charge is 0.462 e. The summed E-state index contributed by atoms with van der Waals surface area (Å²) in [6.45, 7) is 3.76. The number of hydrogen-bond acceptors (Lipinski definition) is 5. The maximum absolute atomic E-state index is 11.9. The molecule has 5 nitrogen and oxygen atoms in total. The smallest absolute Gasteiger partial charge is 0.344 e. The zero-order valence-corrected chi connectivity index (χ0v) is 11.5. The highest BCUT2D eigenvalue weighted by molar-refractivity contribution is 8.18. The van der Waals surface area contributed by atoms with Crippen LogP contribution in [0.2, 0.25) is 0 Å². The van der Waals surface area contributed by atoms with Gasteiger partial charge in [0.15, 0.2) is 0 Å². The zero-order valence-electron chi connectivity index (χ0n) is 9.90. The molecule has 2 heterocycles. The van der Waals surface area contributed by atoms with E-state index in [0.29, 0.717) is 28.0 Å². The van der Waals surface area contributed by atoms with E-state index in [1.165, 1.54) is 11.8 Å². The highest BCUT2D eigenvalue weighted by atomic mass is 35.5. The first-order chi connectivity index (χ1) is 8.58. The molecule has 18 heavy (non-hydrogen) atoms. The van der Waals surface area contributed by atoms with E-state index in [0.717, 1.165) is 0 Å². The number of carbonyl (C=O) groups excluding carboxylic acids is 2. The van der Waals surface area contributed by atoms with Crippen molar-refractivity contribution in [3.05, 3.63) is 10.5 Å². The summed E-state index contributed by atoms with van der Waals surface area (Å²) in [4.78, 5) is 32.0. The molecule has 0 radical (unpaired) electrons. The minimum Gasteiger partial charge on any atom is -0.462 e. The number of fused-ring (bicyclic) bond motifs is 1. The topological polar surface area (TPSA) is 68.1 Å². The van der Waals surface area contributed by atoms with Crippen LogP contribution in [0.5, 0.6) is 0 Å². The van der Waals surface area contributed by atoms with E-state index >= 15 is 0 Å². The molecule has 0 aromatic heterocycles. The van der Waals surface area contributed by atoms with Crippen molar-refractivity contribution in [2.75, 3.05) is 12.5 Å². The molecule has 0 aromatic carbocycles. The maximum atomic E-state index is 11.9. The van der Waals surface area contributed by atoms with Gasteiger partial charge in [-0.2, -0.15) is 4.99 Å². The summed E-state index contributed by atoms with van der Waals surface area (Å²) in [6.07, 6.45) is 0. The number of amidine groups is 1. The van der Waals surface area contributed by atoms with Crippen molar-refractivity contribution in [1.29, 1.82) is 0 Å². The van der Waals surface area contributed by atoms with Crippen LogP contribution in [0.15, 0.2) is 20.5 Å². The first kappa shape index (κ1) is 13.3. The van der Waals surface area contributed by atoms with Crippen LogP contribution in [-0.4, -0.2) is 35.2 Å². The van der Waals surface area contributed by atoms with Crippen LogP contribution in [0, 0.1) is 5.92 Å². The molecule has 0 N–H and O–H groups in total. The van der Waals surface area contributed by atoms with Crippen LogP contribution in [-0.2, 0) is 14.3 Å². The van der Waals surface area contributed by atoms with Gasteiger partial charge in [0.05, 0.1) is 22.4 Å². The van der Waals surface area contributed by atoms with Crippen molar-refractivity contribution in [3.63, 3.8) is 0 Å². The van der Waals surface area contributed by atoms with E-state index < -0.39 is 11.9 Å². The Morgan fingerprint density at radius 3 is 2.83 bits per heavy atom. The van der Waals surface area contributed by atoms with Crippen LogP contribution >= 0.6 is 23.4 Å². The zero-order chi connectivity index (χ0) is 13.3. The van der Waals surface area contributed by atoms with Gasteiger partial charge >= 0.3 is 5.97 Å². The summed E-state index contributed by atoms with van der Waals surface area (Å²) >= 11 is 6.78. The number of carbonyl (C=O) groups is 2. The summed E-state index contributed by atoms with van der Waals surface area (Å²) in [5, 5.41) is 0.561. The number of amides is 1. The van der Waals surface area contributed by atoms with Gasteiger partial charge in [-0.25, -0.2) is 9.79 Å². The van der Waals surface area contributed by atoms with E-state index in [1.54, 1.807) is 13.8 Å². The maximum Gasteiger partial charge on any atom is 0.344 e. The highest BCUT2D eigenvalue weighted by Crippen LogP contribution is 2.40. The SMILES string of the molecule is CCOC(=O)C1=C(C)C2C(=O)N=C(CCl)N=C2S1. The molecular weight excluding hydrogens is 276 g/mol. The quantitative estimate of drug-likeness (QED) is 0.586. The standard InChI is InChI=1S/C11H11ClN2O3S/c1-3-17-11(16)8-5(2)7-9(15)13-6(4-12)14-10(7)18-8/h7H,3-4H2,1-2H3. The molecule has 0 saturated carbocycles. The second kappa shape index (κ2) is 5.24. The number of rotatable bonds is 3. The molecule has 2 rings (SSSR count). The average Bonchev–Trinajstić information content (AvgIpc) is 2.67. The number of halogens is 1. The molecular formula is C11H11ClN2O3S. The van der Waals surface area contributed by atoms with Crippen LogP contribution in [0.25, 0.3) is 0 Å². The van der Waals surface area contributed by atoms with Gasteiger partial charge < -0.3 is 4.74 Å². The Labute approximate surface area is 113 Å². The number of hydrogen-bond donors (Lipinski definition) is 0. The molecule has 1 atom stereocenters. The number of alkyl halides is 1. The van der Waals surface area contributed by atoms with Crippen molar-refractivity contribution in [3.8, 4) is 0 Å². The summed E-state index contributed by atoms with van der Waals surface area (Å²) in [7, 11) is 0. The van der Waals surface area contributed by atoms with Crippen LogP contribution in [0.3, 0.4) is 0 Å². The third-order valence-corrected chi connectivity index (χ3v) is 4.02. The Balaban J connectivity index is 2.31. The first-order valence-electron chi connectivity index (χ1n) is 5.40. The van der Waals surface area contributed by atoms with Crippen molar-refractivity contribution in [2.45, 2.75) is 13.8 Å². The fraction of sp³-hybridized carbons (Fsp3) is 0.455. The number of ether oxygens (including phenoxy) is 1. The predicted octanol–water partition coefficient (Wildman–Crippen LogP) is 1.76. The molecule has 0 aromatic rings. The van der Waals surface area contributed by atoms with E-state index in [9.17, 15) is 9.59 Å². The molecule has 96 valence electrons. The Bertz CT molecular complexity index is 510. The molecule has 2 aliphatic heterocycles. The highest BCUT2D eigenvalue weighted by Gasteiger charge is 2.40. The Hall–Kier alpha value is -1.14. The van der Waals surface area contributed by atoms with Gasteiger partial charge in [-0.1, -0.05) is 11.8 Å². The van der Waals surface area contributed by atoms with Crippen molar-refractivity contribution in [2.24, 2.45) is 15.9 Å². The fourth-order valence-corrected chi connectivity index (χ4v) is 3.04. The summed E-state index contributed by atoms with van der Waals surface area (Å²) in [5.74, 6) is -0.909. The molecule has 0 aliphatic carbocycles. The molecule has 1 unspecified atom stereocenters. The van der Waals surface area contributed by atoms with Crippen LogP contribution < -0.4 is 0 Å². The fourth-order valence-electron chi connectivity index (χ4n) is 1.74. The monoisotopic (exact) mass is 286 g/mol. The van der Waals surface area contributed by atoms with E-state index in [-0.39, 0.29) is 11.8 Å². The normalized spacial score (nSPS) is 22.6. The third-order valence-electron chi connectivity index (χ3n) is 2.55. The molecule has 0 bridgehead atoms. The number of thioether (sulfide) groups is 1. The van der Waals surface area contributed by atoms with Crippen molar-refractivity contribution >= 4 is 46.1 Å². The second-order valence-corrected chi connectivity index (χ2v) is 5.02. The second-order valence-electron chi connectivity index (χ2n) is 3.72. The molecule has 7 heteroatoms. The first-order valence-corrected chi connectivity index (χ1v) is 6.75. The Kier molecular flexibility index (Phi) is 3.87. The Morgan fingerprint density at radius 1 is 1.50 bits per heavy atom. The molecule has 0 fully saturated rings. The van der Waals surface area contributed by atoms with Gasteiger partial charge in [0.25, 0.3) is 5.91 Å². The lowest BCUT2D eigenvalue weighted by atomic mass is 10.00. The minimum absolute atomic E-state index is 0.0797. The molecule has 2 aliphatic rings. The van der Waals surface area contributed by atoms with E-state index in [1.807, 2.05) is 0 Å². The van der Waals surface area contributed by atoms with Gasteiger partial charge in [-0.15, -0.1) is 11.6 Å². The number of aliphatic imine (C=N–C) groups is 2. The third kappa shape index (κ3) is 2.22. The average molecular weight is 287 g/mol. The molecule has 0 spiro atoms. The number of esters is 1. The van der Waals surface area contributed by atoms with Gasteiger partial charge in [-0.05, 0) is 19.4 Å². The lowest BCUT2D eigenvalue weighted by Crippen LogP contribution is -2.25. The van der Waals surface area contributed by atoms with Gasteiger partial charge in [0.2, 0.25) is 0 Å². The van der Waals surface area contributed by atoms with Crippen molar-refractivity contribution < 1.29 is 14.3 Å². The summed E-state index contributed by atoms with van der Waals surface area (Å²) in [5.41, 5.74) is 0.652. The Morgan fingerprint density at radius 2 is 2.22 bits per heavy atom. The van der Waals surface area contributed by atoms with Gasteiger partial charge in [0, 0.05) is 0 Å². The van der Waals surface area contributed by atoms with Gasteiger partial charge in [-0.3, -0.25) is 4.79 Å². The predicted molar refractivity (Wildman–Crippen MR) is 71.0 cm³/mol. The van der Waals surface area contributed by atoms with Crippen LogP contribution in [0.4, 0.5) is 0 Å². The summed E-state index contributed by atoms with van der Waals surface area (Å²) < 4.78 is 4.94. The summed E-state index contributed by atoms with van der Waals surface area (Å²) in [6, 6.07) is 0. The molecule has 1 amide bonds. The minimum atomic E-state index is -0.540. The van der Waals surface area contributed by atoms with E-state index in [2.05, 4.69) is 9.98 Å². The lowest BCUT2D eigenvalue weighted by Gasteiger charge is -2.13. The van der Waals surface area contributed by atoms with Crippen molar-refractivity contribution in [1.82, 2.24) is 0 Å².